The van der Waals surface area contributed by atoms with Crippen molar-refractivity contribution in [2.24, 2.45) is 5.73 Å². The lowest BCUT2D eigenvalue weighted by molar-refractivity contribution is 0.302. The molecular formula is C16H19NO. The van der Waals surface area contributed by atoms with Crippen LogP contribution in [0, 0.1) is 0 Å². The van der Waals surface area contributed by atoms with Gasteiger partial charge >= 0.3 is 0 Å². The Kier molecular flexibility index (Phi) is 4.79. The highest BCUT2D eigenvalue weighted by Crippen LogP contribution is 2.16. The summed E-state index contributed by atoms with van der Waals surface area (Å²) in [4.78, 5) is 0. The first-order valence-electron chi connectivity index (χ1n) is 6.34. The summed E-state index contributed by atoms with van der Waals surface area (Å²) < 4.78 is 5.64. The van der Waals surface area contributed by atoms with Crippen LogP contribution in [0.15, 0.2) is 60.7 Å². The highest BCUT2D eigenvalue weighted by Gasteiger charge is 2.04. The Hall–Kier alpha value is -1.80. The predicted molar refractivity (Wildman–Crippen MR) is 74.5 cm³/mol. The van der Waals surface area contributed by atoms with Gasteiger partial charge in [0.05, 0.1) is 6.61 Å². The first-order chi connectivity index (χ1) is 8.86. The molecule has 2 aromatic rings. The second kappa shape index (κ2) is 6.82. The molecule has 2 nitrogen and oxygen atoms in total. The van der Waals surface area contributed by atoms with E-state index in [4.69, 9.17) is 10.5 Å². The second-order valence-corrected chi connectivity index (χ2v) is 4.32. The average Bonchev–Trinajstić information content (AvgIpc) is 2.45. The number of nitrogens with two attached hydrogens (primary N) is 1. The molecule has 0 aliphatic heterocycles. The van der Waals surface area contributed by atoms with Crippen LogP contribution in [0.25, 0.3) is 0 Å². The van der Waals surface area contributed by atoms with E-state index in [1.807, 2.05) is 48.5 Å². The molecule has 0 fully saturated rings. The van der Waals surface area contributed by atoms with Crippen LogP contribution in [-0.2, 0) is 0 Å². The lowest BCUT2D eigenvalue weighted by atomic mass is 10.0. The Bertz CT molecular complexity index is 441. The summed E-state index contributed by atoms with van der Waals surface area (Å²) in [5.74, 6) is 0.922. The second-order valence-electron chi connectivity index (χ2n) is 4.32. The van der Waals surface area contributed by atoms with Crippen molar-refractivity contribution in [3.63, 3.8) is 0 Å². The van der Waals surface area contributed by atoms with Crippen molar-refractivity contribution in [1.29, 1.82) is 0 Å². The molecule has 2 heteroatoms. The number of benzene rings is 2. The molecule has 0 aliphatic rings. The van der Waals surface area contributed by atoms with Crippen LogP contribution in [0.5, 0.6) is 5.75 Å². The molecule has 2 N–H and O–H groups in total. The first kappa shape index (κ1) is 12.7. The SMILES string of the molecule is N[C@@H](CCCOc1ccccc1)c1ccccc1. The van der Waals surface area contributed by atoms with Gasteiger partial charge in [0.1, 0.15) is 5.75 Å². The third-order valence-corrected chi connectivity index (χ3v) is 2.90. The van der Waals surface area contributed by atoms with Crippen LogP contribution >= 0.6 is 0 Å². The van der Waals surface area contributed by atoms with E-state index in [2.05, 4.69) is 12.1 Å². The topological polar surface area (TPSA) is 35.2 Å². The summed E-state index contributed by atoms with van der Waals surface area (Å²) in [6.07, 6.45) is 1.90. The summed E-state index contributed by atoms with van der Waals surface area (Å²) >= 11 is 0. The molecule has 94 valence electrons. The zero-order valence-electron chi connectivity index (χ0n) is 10.5. The first-order valence-corrected chi connectivity index (χ1v) is 6.34. The minimum atomic E-state index is 0.102. The van der Waals surface area contributed by atoms with Gasteiger partial charge in [-0.2, -0.15) is 0 Å². The van der Waals surface area contributed by atoms with Gasteiger partial charge in [0.15, 0.2) is 0 Å². The molecule has 0 unspecified atom stereocenters. The van der Waals surface area contributed by atoms with E-state index in [0.717, 1.165) is 18.6 Å². The summed E-state index contributed by atoms with van der Waals surface area (Å²) in [5.41, 5.74) is 7.31. The fourth-order valence-electron chi connectivity index (χ4n) is 1.88. The molecule has 0 aliphatic carbocycles. The Morgan fingerprint density at radius 3 is 2.17 bits per heavy atom. The number of hydrogen-bond acceptors (Lipinski definition) is 2. The molecule has 0 spiro atoms. The molecule has 0 aromatic heterocycles. The van der Waals surface area contributed by atoms with Crippen molar-refractivity contribution in [2.45, 2.75) is 18.9 Å². The van der Waals surface area contributed by atoms with E-state index in [0.29, 0.717) is 6.61 Å². The molecule has 0 saturated heterocycles. The van der Waals surface area contributed by atoms with E-state index in [-0.39, 0.29) is 6.04 Å². The van der Waals surface area contributed by atoms with Gasteiger partial charge in [0.25, 0.3) is 0 Å². The van der Waals surface area contributed by atoms with Crippen LogP contribution in [0.3, 0.4) is 0 Å². The Labute approximate surface area is 108 Å². The molecular weight excluding hydrogens is 222 g/mol. The third-order valence-electron chi connectivity index (χ3n) is 2.90. The number of ether oxygens (including phenoxy) is 1. The van der Waals surface area contributed by atoms with E-state index in [1.54, 1.807) is 0 Å². The summed E-state index contributed by atoms with van der Waals surface area (Å²) in [5, 5.41) is 0. The largest absolute Gasteiger partial charge is 0.494 e. The van der Waals surface area contributed by atoms with E-state index in [9.17, 15) is 0 Å². The highest BCUT2D eigenvalue weighted by atomic mass is 16.5. The third kappa shape index (κ3) is 3.90. The summed E-state index contributed by atoms with van der Waals surface area (Å²) in [6, 6.07) is 20.2. The maximum absolute atomic E-state index is 6.12. The maximum Gasteiger partial charge on any atom is 0.119 e. The van der Waals surface area contributed by atoms with Crippen LogP contribution in [0.2, 0.25) is 0 Å². The lowest BCUT2D eigenvalue weighted by Gasteiger charge is -2.12. The fraction of sp³-hybridized carbons (Fsp3) is 0.250. The number of rotatable bonds is 6. The van der Waals surface area contributed by atoms with Gasteiger partial charge in [0, 0.05) is 6.04 Å². The standard InChI is InChI=1S/C16H19NO/c17-16(14-8-3-1-4-9-14)12-7-13-18-15-10-5-2-6-11-15/h1-6,8-11,16H,7,12-13,17H2/t16-/m0/s1. The Morgan fingerprint density at radius 1 is 0.889 bits per heavy atom. The normalized spacial score (nSPS) is 12.1. The molecule has 0 radical (unpaired) electrons. The molecule has 2 aromatic carbocycles. The molecule has 1 atom stereocenters. The highest BCUT2D eigenvalue weighted by molar-refractivity contribution is 5.21. The van der Waals surface area contributed by atoms with Gasteiger partial charge in [-0.1, -0.05) is 48.5 Å². The molecule has 0 amide bonds. The van der Waals surface area contributed by atoms with Crippen molar-refractivity contribution in [3.05, 3.63) is 66.2 Å². The number of hydrogen-bond donors (Lipinski definition) is 1. The Balaban J connectivity index is 1.70. The maximum atomic E-state index is 6.12. The monoisotopic (exact) mass is 241 g/mol. The van der Waals surface area contributed by atoms with Crippen molar-refractivity contribution in [3.8, 4) is 5.75 Å². The van der Waals surface area contributed by atoms with Gasteiger partial charge in [-0.15, -0.1) is 0 Å². The van der Waals surface area contributed by atoms with Crippen molar-refractivity contribution in [2.75, 3.05) is 6.61 Å². The zero-order valence-corrected chi connectivity index (χ0v) is 10.5. The minimum absolute atomic E-state index is 0.102. The van der Waals surface area contributed by atoms with Crippen LogP contribution < -0.4 is 10.5 Å². The minimum Gasteiger partial charge on any atom is -0.494 e. The predicted octanol–water partition coefficient (Wildman–Crippen LogP) is 3.55. The summed E-state index contributed by atoms with van der Waals surface area (Å²) in [7, 11) is 0. The quantitative estimate of drug-likeness (QED) is 0.785. The van der Waals surface area contributed by atoms with E-state index in [1.165, 1.54) is 5.56 Å². The van der Waals surface area contributed by atoms with Crippen molar-refractivity contribution < 1.29 is 4.74 Å². The molecule has 0 bridgehead atoms. The number of para-hydroxylation sites is 1. The average molecular weight is 241 g/mol. The van der Waals surface area contributed by atoms with Crippen molar-refractivity contribution >= 4 is 0 Å². The Morgan fingerprint density at radius 2 is 1.50 bits per heavy atom. The molecule has 0 saturated carbocycles. The van der Waals surface area contributed by atoms with Gasteiger partial charge in [-0.05, 0) is 30.5 Å². The zero-order chi connectivity index (χ0) is 12.6. The van der Waals surface area contributed by atoms with E-state index < -0.39 is 0 Å². The fourth-order valence-corrected chi connectivity index (χ4v) is 1.88. The van der Waals surface area contributed by atoms with Gasteiger partial charge in [0.2, 0.25) is 0 Å². The van der Waals surface area contributed by atoms with Gasteiger partial charge < -0.3 is 10.5 Å². The molecule has 0 heterocycles. The smallest absolute Gasteiger partial charge is 0.119 e. The van der Waals surface area contributed by atoms with Gasteiger partial charge in [-0.3, -0.25) is 0 Å². The van der Waals surface area contributed by atoms with Crippen LogP contribution in [-0.4, -0.2) is 6.61 Å². The summed E-state index contributed by atoms with van der Waals surface area (Å²) in [6.45, 7) is 0.713. The van der Waals surface area contributed by atoms with Gasteiger partial charge in [-0.25, -0.2) is 0 Å². The van der Waals surface area contributed by atoms with Crippen LogP contribution in [0.4, 0.5) is 0 Å². The van der Waals surface area contributed by atoms with Crippen LogP contribution in [0.1, 0.15) is 24.4 Å². The van der Waals surface area contributed by atoms with E-state index >= 15 is 0 Å². The lowest BCUT2D eigenvalue weighted by Crippen LogP contribution is -2.11. The molecule has 2 rings (SSSR count). The molecule has 18 heavy (non-hydrogen) atoms. The van der Waals surface area contributed by atoms with Crippen molar-refractivity contribution in [1.82, 2.24) is 0 Å².